The Morgan fingerprint density at radius 2 is 2.00 bits per heavy atom. The van der Waals surface area contributed by atoms with Crippen molar-refractivity contribution >= 4 is 0 Å². The smallest absolute Gasteiger partial charge is 0.285 e. The molecule has 96 valence electrons. The maximum Gasteiger partial charge on any atom is 0.285 e. The standard InChI is InChI=1S/C12H13F2N3O/c13-12(14,10-4-2-1-3-5-10)8-15-7-6-11-16-9-17-18-11/h1-5,9,15H,6-8H2. The Kier molecular flexibility index (Phi) is 3.99. The monoisotopic (exact) mass is 253 g/mol. The summed E-state index contributed by atoms with van der Waals surface area (Å²) >= 11 is 0. The lowest BCUT2D eigenvalue weighted by Crippen LogP contribution is -2.32. The first-order valence-corrected chi connectivity index (χ1v) is 5.58. The number of hydrogen-bond acceptors (Lipinski definition) is 4. The van der Waals surface area contributed by atoms with Gasteiger partial charge in [0.15, 0.2) is 6.33 Å². The molecule has 0 saturated carbocycles. The number of alkyl halides is 2. The van der Waals surface area contributed by atoms with Crippen LogP contribution in [0.3, 0.4) is 0 Å². The van der Waals surface area contributed by atoms with E-state index in [4.69, 9.17) is 4.52 Å². The van der Waals surface area contributed by atoms with Crippen molar-refractivity contribution in [1.82, 2.24) is 15.5 Å². The van der Waals surface area contributed by atoms with Gasteiger partial charge in [-0.05, 0) is 0 Å². The summed E-state index contributed by atoms with van der Waals surface area (Å²) in [6, 6.07) is 7.74. The molecule has 0 amide bonds. The normalized spacial score (nSPS) is 11.7. The molecule has 1 heterocycles. The van der Waals surface area contributed by atoms with Gasteiger partial charge in [0, 0.05) is 18.5 Å². The summed E-state index contributed by atoms with van der Waals surface area (Å²) in [5.74, 6) is -2.44. The predicted molar refractivity (Wildman–Crippen MR) is 61.2 cm³/mol. The summed E-state index contributed by atoms with van der Waals surface area (Å²) in [4.78, 5) is 3.80. The molecule has 0 spiro atoms. The van der Waals surface area contributed by atoms with Crippen molar-refractivity contribution in [2.24, 2.45) is 0 Å². The van der Waals surface area contributed by atoms with E-state index in [2.05, 4.69) is 15.5 Å². The highest BCUT2D eigenvalue weighted by Crippen LogP contribution is 2.26. The SMILES string of the molecule is FC(F)(CNCCc1ncno1)c1ccccc1. The van der Waals surface area contributed by atoms with Crippen molar-refractivity contribution in [2.45, 2.75) is 12.3 Å². The summed E-state index contributed by atoms with van der Waals surface area (Å²) < 4.78 is 32.2. The number of nitrogens with one attached hydrogen (secondary N) is 1. The van der Waals surface area contributed by atoms with E-state index in [0.29, 0.717) is 18.9 Å². The molecule has 0 bridgehead atoms. The molecule has 0 atom stereocenters. The molecule has 1 N–H and O–H groups in total. The molecule has 18 heavy (non-hydrogen) atoms. The minimum absolute atomic E-state index is 0.00953. The lowest BCUT2D eigenvalue weighted by atomic mass is 10.1. The molecule has 0 saturated heterocycles. The quantitative estimate of drug-likeness (QED) is 0.800. The molecule has 0 aliphatic heterocycles. The van der Waals surface area contributed by atoms with Crippen LogP contribution in [0.15, 0.2) is 41.2 Å². The summed E-state index contributed by atoms with van der Waals surface area (Å²) in [6.45, 7) is -0.0459. The van der Waals surface area contributed by atoms with Crippen molar-refractivity contribution in [1.29, 1.82) is 0 Å². The van der Waals surface area contributed by atoms with E-state index in [1.807, 2.05) is 0 Å². The van der Waals surface area contributed by atoms with Crippen LogP contribution in [0.5, 0.6) is 0 Å². The van der Waals surface area contributed by atoms with Gasteiger partial charge in [-0.1, -0.05) is 35.5 Å². The molecule has 0 aliphatic rings. The maximum atomic E-state index is 13.7. The molecule has 1 aromatic heterocycles. The highest BCUT2D eigenvalue weighted by Gasteiger charge is 2.30. The zero-order valence-corrected chi connectivity index (χ0v) is 9.64. The van der Waals surface area contributed by atoms with Gasteiger partial charge in [0.05, 0.1) is 6.54 Å². The zero-order chi connectivity index (χ0) is 12.8. The lowest BCUT2D eigenvalue weighted by molar-refractivity contribution is -0.00296. The Labute approximate surface area is 103 Å². The minimum Gasteiger partial charge on any atom is -0.340 e. The average Bonchev–Trinajstić information content (AvgIpc) is 2.89. The highest BCUT2D eigenvalue weighted by molar-refractivity contribution is 5.20. The second kappa shape index (κ2) is 5.68. The van der Waals surface area contributed by atoms with Gasteiger partial charge in [-0.3, -0.25) is 0 Å². The fraction of sp³-hybridized carbons (Fsp3) is 0.333. The van der Waals surface area contributed by atoms with E-state index in [0.717, 1.165) is 0 Å². The van der Waals surface area contributed by atoms with Gasteiger partial charge in [0.2, 0.25) is 5.89 Å². The van der Waals surface area contributed by atoms with Crippen molar-refractivity contribution in [3.05, 3.63) is 48.1 Å². The van der Waals surface area contributed by atoms with Crippen LogP contribution in [0.4, 0.5) is 8.78 Å². The Bertz CT molecular complexity index is 459. The molecule has 4 nitrogen and oxygen atoms in total. The van der Waals surface area contributed by atoms with Crippen molar-refractivity contribution in [3.8, 4) is 0 Å². The molecule has 0 radical (unpaired) electrons. The third kappa shape index (κ3) is 3.33. The summed E-state index contributed by atoms with van der Waals surface area (Å²) in [5, 5.41) is 6.12. The minimum atomic E-state index is -2.88. The van der Waals surface area contributed by atoms with Crippen LogP contribution in [0, 0.1) is 0 Å². The van der Waals surface area contributed by atoms with Crippen LogP contribution < -0.4 is 5.32 Å². The van der Waals surface area contributed by atoms with E-state index in [-0.39, 0.29) is 5.56 Å². The van der Waals surface area contributed by atoms with Gasteiger partial charge in [-0.25, -0.2) is 0 Å². The molecule has 0 fully saturated rings. The van der Waals surface area contributed by atoms with Crippen molar-refractivity contribution in [2.75, 3.05) is 13.1 Å². The van der Waals surface area contributed by atoms with E-state index in [9.17, 15) is 8.78 Å². The van der Waals surface area contributed by atoms with Gasteiger partial charge in [-0.2, -0.15) is 13.8 Å². The van der Waals surface area contributed by atoms with Gasteiger partial charge in [0.25, 0.3) is 5.92 Å². The Morgan fingerprint density at radius 1 is 1.22 bits per heavy atom. The van der Waals surface area contributed by atoms with Crippen LogP contribution in [0.2, 0.25) is 0 Å². The third-order valence-corrected chi connectivity index (χ3v) is 2.47. The largest absolute Gasteiger partial charge is 0.340 e. The number of aromatic nitrogens is 2. The second-order valence-corrected chi connectivity index (χ2v) is 3.83. The first-order valence-electron chi connectivity index (χ1n) is 5.58. The number of benzene rings is 1. The fourth-order valence-corrected chi connectivity index (χ4v) is 1.53. The predicted octanol–water partition coefficient (Wildman–Crippen LogP) is 1.99. The van der Waals surface area contributed by atoms with E-state index >= 15 is 0 Å². The molecular weight excluding hydrogens is 240 g/mol. The Morgan fingerprint density at radius 3 is 2.67 bits per heavy atom. The van der Waals surface area contributed by atoms with Crippen LogP contribution in [0.25, 0.3) is 0 Å². The van der Waals surface area contributed by atoms with Gasteiger partial charge < -0.3 is 9.84 Å². The van der Waals surface area contributed by atoms with Crippen molar-refractivity contribution < 1.29 is 13.3 Å². The van der Waals surface area contributed by atoms with Crippen LogP contribution in [-0.2, 0) is 12.3 Å². The molecule has 0 unspecified atom stereocenters. The number of rotatable bonds is 6. The third-order valence-electron chi connectivity index (χ3n) is 2.47. The maximum absolute atomic E-state index is 13.7. The number of halogens is 2. The number of hydrogen-bond donors (Lipinski definition) is 1. The van der Waals surface area contributed by atoms with E-state index in [1.54, 1.807) is 18.2 Å². The number of nitrogens with zero attached hydrogens (tertiary/aromatic N) is 2. The lowest BCUT2D eigenvalue weighted by Gasteiger charge is -2.17. The van der Waals surface area contributed by atoms with Crippen molar-refractivity contribution in [3.63, 3.8) is 0 Å². The Balaban J connectivity index is 1.79. The first-order chi connectivity index (χ1) is 8.68. The Hall–Kier alpha value is -1.82. The van der Waals surface area contributed by atoms with Gasteiger partial charge >= 0.3 is 0 Å². The molecule has 2 aromatic rings. The van der Waals surface area contributed by atoms with Crippen LogP contribution in [0.1, 0.15) is 11.5 Å². The molecule has 6 heteroatoms. The molecule has 2 rings (SSSR count). The first kappa shape index (κ1) is 12.6. The molecule has 1 aromatic carbocycles. The average molecular weight is 253 g/mol. The molecular formula is C12H13F2N3O. The van der Waals surface area contributed by atoms with E-state index in [1.165, 1.54) is 18.5 Å². The summed E-state index contributed by atoms with van der Waals surface area (Å²) in [7, 11) is 0. The van der Waals surface area contributed by atoms with Crippen LogP contribution in [-0.4, -0.2) is 23.2 Å². The van der Waals surface area contributed by atoms with Gasteiger partial charge in [-0.15, -0.1) is 0 Å². The fourth-order valence-electron chi connectivity index (χ4n) is 1.53. The molecule has 0 aliphatic carbocycles. The highest BCUT2D eigenvalue weighted by atomic mass is 19.3. The topological polar surface area (TPSA) is 51.0 Å². The van der Waals surface area contributed by atoms with E-state index < -0.39 is 12.5 Å². The van der Waals surface area contributed by atoms with Crippen LogP contribution >= 0.6 is 0 Å². The summed E-state index contributed by atoms with van der Waals surface area (Å²) in [5.41, 5.74) is 0.00953. The second-order valence-electron chi connectivity index (χ2n) is 3.83. The zero-order valence-electron chi connectivity index (χ0n) is 9.64. The van der Waals surface area contributed by atoms with Gasteiger partial charge in [0.1, 0.15) is 0 Å². The summed E-state index contributed by atoms with van der Waals surface area (Å²) in [6.07, 6.45) is 1.72.